The number of rotatable bonds is 6. The Labute approximate surface area is 351 Å². The number of nitrogens with zero attached hydrogens (tertiary/aromatic N) is 3. The minimum absolute atomic E-state index is 0.00752. The van der Waals surface area contributed by atoms with Gasteiger partial charge in [0.15, 0.2) is 0 Å². The van der Waals surface area contributed by atoms with E-state index < -0.39 is 10.8 Å². The van der Waals surface area contributed by atoms with Crippen LogP contribution < -0.4 is 0 Å². The van der Waals surface area contributed by atoms with Crippen LogP contribution in [0, 0.1) is 0 Å². The summed E-state index contributed by atoms with van der Waals surface area (Å²) < 4.78 is 2.57. The van der Waals surface area contributed by atoms with Gasteiger partial charge in [0.25, 0.3) is 0 Å². The van der Waals surface area contributed by atoms with E-state index in [2.05, 4.69) is 221 Å². The molecule has 1 aliphatic heterocycles. The second-order valence-corrected chi connectivity index (χ2v) is 20.7. The number of benzene rings is 5. The monoisotopic (exact) mass is 773 g/mol. The molecule has 0 spiro atoms. The summed E-state index contributed by atoms with van der Waals surface area (Å²) in [4.78, 5) is 11.2. The molecular formula is C56H59N3. The van der Waals surface area contributed by atoms with Gasteiger partial charge in [-0.25, -0.2) is 4.98 Å². The Morgan fingerprint density at radius 3 is 1.66 bits per heavy atom. The molecule has 0 amide bonds. The minimum Gasteiger partial charge on any atom is -0.295 e. The number of fused-ring (bicyclic) bond motifs is 3. The van der Waals surface area contributed by atoms with E-state index in [4.69, 9.17) is 9.97 Å². The van der Waals surface area contributed by atoms with Crippen molar-refractivity contribution in [3.05, 3.63) is 196 Å². The van der Waals surface area contributed by atoms with E-state index in [1.165, 1.54) is 60.9 Å². The second-order valence-electron chi connectivity index (χ2n) is 20.7. The van der Waals surface area contributed by atoms with Crippen molar-refractivity contribution in [2.45, 2.75) is 116 Å². The summed E-state index contributed by atoms with van der Waals surface area (Å²) >= 11 is 0. The van der Waals surface area contributed by atoms with Crippen molar-refractivity contribution < 1.29 is 0 Å². The Kier molecular flexibility index (Phi) is 8.57. The van der Waals surface area contributed by atoms with Crippen molar-refractivity contribution in [1.82, 2.24) is 14.4 Å². The van der Waals surface area contributed by atoms with Crippen LogP contribution in [-0.2, 0) is 32.5 Å². The predicted molar refractivity (Wildman–Crippen MR) is 248 cm³/mol. The zero-order chi connectivity index (χ0) is 41.9. The van der Waals surface area contributed by atoms with Crippen molar-refractivity contribution in [1.29, 1.82) is 0 Å². The quantitative estimate of drug-likeness (QED) is 0.158. The first-order valence-corrected chi connectivity index (χ1v) is 21.4. The van der Waals surface area contributed by atoms with E-state index in [0.29, 0.717) is 0 Å². The Bertz CT molecular complexity index is 2920. The average molecular weight is 774 g/mol. The molecule has 5 aromatic carbocycles. The van der Waals surface area contributed by atoms with Gasteiger partial charge >= 0.3 is 0 Å². The summed E-state index contributed by atoms with van der Waals surface area (Å²) in [5.74, 6) is 0. The molecule has 0 fully saturated rings. The van der Waals surface area contributed by atoms with Crippen LogP contribution in [0.25, 0.3) is 27.3 Å². The highest BCUT2D eigenvalue weighted by Crippen LogP contribution is 2.55. The third-order valence-corrected chi connectivity index (χ3v) is 14.7. The van der Waals surface area contributed by atoms with Crippen LogP contribution in [0.4, 0.5) is 0 Å². The van der Waals surface area contributed by atoms with Gasteiger partial charge < -0.3 is 0 Å². The lowest BCUT2D eigenvalue weighted by Gasteiger charge is -2.47. The van der Waals surface area contributed by atoms with Gasteiger partial charge in [-0.3, -0.25) is 9.38 Å². The molecule has 0 saturated heterocycles. The second kappa shape index (κ2) is 13.0. The van der Waals surface area contributed by atoms with Gasteiger partial charge in [0, 0.05) is 27.8 Å². The molecule has 4 heterocycles. The smallest absolute Gasteiger partial charge is 0.145 e. The fourth-order valence-electron chi connectivity index (χ4n) is 10.1. The molecule has 1 unspecified atom stereocenters. The maximum Gasteiger partial charge on any atom is 0.145 e. The summed E-state index contributed by atoms with van der Waals surface area (Å²) in [7, 11) is 0. The van der Waals surface area contributed by atoms with Crippen LogP contribution >= 0.6 is 0 Å². The molecule has 0 aliphatic carbocycles. The molecule has 2 atom stereocenters. The first kappa shape index (κ1) is 38.9. The number of para-hydroxylation sites is 1. The summed E-state index contributed by atoms with van der Waals surface area (Å²) in [5.41, 5.74) is 13.0. The van der Waals surface area contributed by atoms with Crippen molar-refractivity contribution in [2.75, 3.05) is 0 Å². The van der Waals surface area contributed by atoms with Crippen LogP contribution in [0.2, 0.25) is 0 Å². The number of aromatic nitrogens is 3. The molecule has 298 valence electrons. The topological polar surface area (TPSA) is 30.2 Å². The van der Waals surface area contributed by atoms with Gasteiger partial charge in [-0.05, 0) is 87.2 Å². The first-order valence-electron chi connectivity index (χ1n) is 21.4. The SMILES string of the molecule is CC(C)(C)c1cccc([C@@](C)(c2ccccc2)c2nc3c4cc(C(C)(c5ccccc5)c5cc(C(C)(C)C)ccn5)ccc4c4cccc5c4n3c2C(C)(C)C5(C)C)c1. The zero-order valence-electron chi connectivity index (χ0n) is 37.1. The van der Waals surface area contributed by atoms with Crippen LogP contribution in [0.15, 0.2) is 140 Å². The molecule has 9 rings (SSSR count). The molecule has 3 aromatic heterocycles. The fraction of sp³-hybridized carbons (Fsp3) is 0.321. The maximum absolute atomic E-state index is 6.04. The summed E-state index contributed by atoms with van der Waals surface area (Å²) in [5, 5.41) is 3.64. The average Bonchev–Trinajstić information content (AvgIpc) is 3.65. The van der Waals surface area contributed by atoms with Crippen molar-refractivity contribution in [3.63, 3.8) is 0 Å². The fourth-order valence-corrected chi connectivity index (χ4v) is 10.1. The van der Waals surface area contributed by atoms with Gasteiger partial charge in [0.05, 0.1) is 33.4 Å². The third kappa shape index (κ3) is 5.60. The molecular weight excluding hydrogens is 715 g/mol. The molecule has 3 heteroatoms. The molecule has 59 heavy (non-hydrogen) atoms. The number of pyridine rings is 2. The van der Waals surface area contributed by atoms with Crippen LogP contribution in [0.5, 0.6) is 0 Å². The van der Waals surface area contributed by atoms with E-state index >= 15 is 0 Å². The normalized spacial score (nSPS) is 17.0. The Balaban J connectivity index is 1.44. The number of imidazole rings is 1. The lowest BCUT2D eigenvalue weighted by molar-refractivity contribution is 0.284. The number of hydrogen-bond donors (Lipinski definition) is 0. The standard InChI is InChI=1S/C56H59N3/c1-51(2,3)38-25-19-26-40(33-38)56(12,37-23-17-14-18-24-37)48-49-54(9,10)53(7,8)45-28-20-27-43-42-30-29-41(34-44(42)50(58-48)59(49)47(43)45)55(11,36-21-15-13-16-22-36)46-35-39(31-32-57-46)52(4,5)6/h13-35H,1-12H3/t55?,56-/m1/s1. The largest absolute Gasteiger partial charge is 0.295 e. The zero-order valence-corrected chi connectivity index (χ0v) is 37.1. The van der Waals surface area contributed by atoms with Gasteiger partial charge in [-0.15, -0.1) is 0 Å². The Hall–Kier alpha value is -5.54. The van der Waals surface area contributed by atoms with E-state index in [9.17, 15) is 0 Å². The summed E-state index contributed by atoms with van der Waals surface area (Å²) in [6.45, 7) is 28.3. The minimum atomic E-state index is -0.560. The molecule has 0 bridgehead atoms. The highest BCUT2D eigenvalue weighted by molar-refractivity contribution is 6.13. The summed E-state index contributed by atoms with van der Waals surface area (Å²) in [6.07, 6.45) is 1.99. The number of hydrogen-bond acceptors (Lipinski definition) is 2. The van der Waals surface area contributed by atoms with E-state index in [1.807, 2.05) is 6.20 Å². The van der Waals surface area contributed by atoms with Crippen molar-refractivity contribution in [2.24, 2.45) is 0 Å². The maximum atomic E-state index is 6.04. The van der Waals surface area contributed by atoms with Crippen LogP contribution in [0.3, 0.4) is 0 Å². The van der Waals surface area contributed by atoms with Crippen LogP contribution in [0.1, 0.15) is 139 Å². The van der Waals surface area contributed by atoms with Gasteiger partial charge in [0.1, 0.15) is 5.65 Å². The molecule has 8 aromatic rings. The molecule has 3 nitrogen and oxygen atoms in total. The Morgan fingerprint density at radius 2 is 1.02 bits per heavy atom. The van der Waals surface area contributed by atoms with Gasteiger partial charge in [-0.2, -0.15) is 0 Å². The lowest BCUT2D eigenvalue weighted by Crippen LogP contribution is -2.46. The highest BCUT2D eigenvalue weighted by Gasteiger charge is 2.51. The molecule has 0 radical (unpaired) electrons. The predicted octanol–water partition coefficient (Wildman–Crippen LogP) is 13.9. The van der Waals surface area contributed by atoms with Gasteiger partial charge in [-0.1, -0.05) is 184 Å². The molecule has 1 aliphatic rings. The van der Waals surface area contributed by atoms with E-state index in [-0.39, 0.29) is 21.7 Å². The van der Waals surface area contributed by atoms with Crippen LogP contribution in [-0.4, -0.2) is 14.4 Å². The first-order chi connectivity index (χ1) is 27.8. The summed E-state index contributed by atoms with van der Waals surface area (Å²) in [6, 6.07) is 49.9. The van der Waals surface area contributed by atoms with Crippen molar-refractivity contribution >= 4 is 27.3 Å². The van der Waals surface area contributed by atoms with Crippen molar-refractivity contribution in [3.8, 4) is 0 Å². The molecule has 0 N–H and O–H groups in total. The molecule has 0 saturated carbocycles. The van der Waals surface area contributed by atoms with E-state index in [1.54, 1.807) is 0 Å². The lowest BCUT2D eigenvalue weighted by atomic mass is 9.58. The van der Waals surface area contributed by atoms with E-state index in [0.717, 1.165) is 22.4 Å². The third-order valence-electron chi connectivity index (χ3n) is 14.7. The Morgan fingerprint density at radius 1 is 0.458 bits per heavy atom. The van der Waals surface area contributed by atoms with Gasteiger partial charge in [0.2, 0.25) is 0 Å². The highest BCUT2D eigenvalue weighted by atomic mass is 15.1.